The summed E-state index contributed by atoms with van der Waals surface area (Å²) in [5, 5.41) is 12.3. The van der Waals surface area contributed by atoms with Gasteiger partial charge in [0, 0.05) is 0 Å². The molecule has 0 fully saturated rings. The highest BCUT2D eigenvalue weighted by Crippen LogP contribution is 2.22. The highest BCUT2D eigenvalue weighted by molar-refractivity contribution is 5.73. The third-order valence-corrected chi connectivity index (χ3v) is 3.63. The second-order valence-electron chi connectivity index (χ2n) is 7.17. The van der Waals surface area contributed by atoms with Crippen molar-refractivity contribution in [2.45, 2.75) is 58.9 Å². The predicted molar refractivity (Wildman–Crippen MR) is 87.7 cm³/mol. The number of aliphatic carboxylic acids is 1. The summed E-state index contributed by atoms with van der Waals surface area (Å²) >= 11 is 0. The maximum Gasteiger partial charge on any atom is 0.320 e. The zero-order chi connectivity index (χ0) is 16.0. The molecule has 0 bridgehead atoms. The Hall–Kier alpha value is -1.35. The first-order valence-electron chi connectivity index (χ1n) is 7.75. The van der Waals surface area contributed by atoms with Crippen molar-refractivity contribution in [3.63, 3.8) is 0 Å². The number of carbonyl (C=O) groups is 1. The van der Waals surface area contributed by atoms with Crippen LogP contribution in [0.4, 0.5) is 0 Å². The Bertz CT molecular complexity index is 443. The molecule has 0 radical (unpaired) electrons. The maximum absolute atomic E-state index is 11.2. The van der Waals surface area contributed by atoms with Crippen molar-refractivity contribution >= 4 is 5.97 Å². The second-order valence-corrected chi connectivity index (χ2v) is 7.17. The van der Waals surface area contributed by atoms with E-state index in [-0.39, 0.29) is 5.41 Å². The molecule has 3 heteroatoms. The summed E-state index contributed by atoms with van der Waals surface area (Å²) in [5.74, 6) is -0.378. The molecular formula is C18H29NO2. The minimum Gasteiger partial charge on any atom is -0.480 e. The second kappa shape index (κ2) is 7.60. The minimum atomic E-state index is -0.758. The average molecular weight is 291 g/mol. The molecule has 0 heterocycles. The Morgan fingerprint density at radius 2 is 1.76 bits per heavy atom. The van der Waals surface area contributed by atoms with Crippen molar-refractivity contribution in [2.75, 3.05) is 6.54 Å². The molecule has 0 saturated carbocycles. The molecule has 2 N–H and O–H groups in total. The van der Waals surface area contributed by atoms with Crippen molar-refractivity contribution in [3.05, 3.63) is 35.4 Å². The Morgan fingerprint density at radius 3 is 2.19 bits per heavy atom. The van der Waals surface area contributed by atoms with Gasteiger partial charge in [-0.3, -0.25) is 4.79 Å². The lowest BCUT2D eigenvalue weighted by atomic mass is 9.86. The van der Waals surface area contributed by atoms with Crippen LogP contribution in [0, 0.1) is 5.92 Å². The van der Waals surface area contributed by atoms with E-state index in [0.29, 0.717) is 18.9 Å². The van der Waals surface area contributed by atoms with E-state index in [0.717, 1.165) is 6.42 Å². The molecule has 0 amide bonds. The van der Waals surface area contributed by atoms with Gasteiger partial charge in [-0.05, 0) is 41.8 Å². The molecule has 3 nitrogen and oxygen atoms in total. The first kappa shape index (κ1) is 17.7. The molecule has 0 aliphatic carbocycles. The highest BCUT2D eigenvalue weighted by atomic mass is 16.4. The van der Waals surface area contributed by atoms with Crippen LogP contribution in [0.2, 0.25) is 0 Å². The lowest BCUT2D eigenvalue weighted by molar-refractivity contribution is -0.139. The summed E-state index contributed by atoms with van der Waals surface area (Å²) in [5.41, 5.74) is 2.73. The van der Waals surface area contributed by atoms with Crippen LogP contribution in [0.15, 0.2) is 24.3 Å². The van der Waals surface area contributed by atoms with Crippen molar-refractivity contribution in [2.24, 2.45) is 5.92 Å². The molecule has 0 spiro atoms. The molecule has 0 unspecified atom stereocenters. The smallest absolute Gasteiger partial charge is 0.320 e. The lowest BCUT2D eigenvalue weighted by Crippen LogP contribution is -2.38. The zero-order valence-corrected chi connectivity index (χ0v) is 13.9. The standard InChI is InChI=1S/C18H29NO2/c1-13(2)12-16(17(20)21)19-11-10-14-6-8-15(9-7-14)18(3,4)5/h6-9,13,16,19H,10-12H2,1-5H3,(H,20,21)/t16-/m0/s1. The summed E-state index contributed by atoms with van der Waals surface area (Å²) in [6.07, 6.45) is 1.52. The van der Waals surface area contributed by atoms with Crippen molar-refractivity contribution in [3.8, 4) is 0 Å². The Morgan fingerprint density at radius 1 is 1.19 bits per heavy atom. The van der Waals surface area contributed by atoms with Crippen LogP contribution in [0.1, 0.15) is 52.2 Å². The number of nitrogens with one attached hydrogen (secondary N) is 1. The molecule has 1 aromatic rings. The van der Waals surface area contributed by atoms with Gasteiger partial charge >= 0.3 is 5.97 Å². The van der Waals surface area contributed by atoms with Gasteiger partial charge in [-0.1, -0.05) is 58.9 Å². The van der Waals surface area contributed by atoms with E-state index in [2.05, 4.69) is 50.4 Å². The molecule has 21 heavy (non-hydrogen) atoms. The summed E-state index contributed by atoms with van der Waals surface area (Å²) in [4.78, 5) is 11.2. The van der Waals surface area contributed by atoms with Crippen LogP contribution in [0.5, 0.6) is 0 Å². The van der Waals surface area contributed by atoms with Gasteiger partial charge in [-0.2, -0.15) is 0 Å². The number of rotatable bonds is 7. The first-order valence-corrected chi connectivity index (χ1v) is 7.75. The molecular weight excluding hydrogens is 262 g/mol. The molecule has 1 atom stereocenters. The fraction of sp³-hybridized carbons (Fsp3) is 0.611. The third kappa shape index (κ3) is 6.30. The van der Waals surface area contributed by atoms with E-state index in [1.54, 1.807) is 0 Å². The highest BCUT2D eigenvalue weighted by Gasteiger charge is 2.17. The van der Waals surface area contributed by atoms with E-state index in [9.17, 15) is 9.90 Å². The molecule has 1 aromatic carbocycles. The quantitative estimate of drug-likeness (QED) is 0.806. The summed E-state index contributed by atoms with van der Waals surface area (Å²) < 4.78 is 0. The lowest BCUT2D eigenvalue weighted by Gasteiger charge is -2.19. The maximum atomic E-state index is 11.2. The summed E-state index contributed by atoms with van der Waals surface area (Å²) in [6, 6.07) is 8.16. The van der Waals surface area contributed by atoms with Crippen LogP contribution in [0.3, 0.4) is 0 Å². The predicted octanol–water partition coefficient (Wildman–Crippen LogP) is 3.62. The number of carboxylic acids is 1. The van der Waals surface area contributed by atoms with Gasteiger partial charge in [0.15, 0.2) is 0 Å². The van der Waals surface area contributed by atoms with Crippen LogP contribution in [0.25, 0.3) is 0 Å². The van der Waals surface area contributed by atoms with E-state index in [1.165, 1.54) is 11.1 Å². The monoisotopic (exact) mass is 291 g/mol. The number of hydrogen-bond donors (Lipinski definition) is 2. The van der Waals surface area contributed by atoms with Crippen LogP contribution in [-0.4, -0.2) is 23.7 Å². The normalized spacial score (nSPS) is 13.4. The van der Waals surface area contributed by atoms with Gasteiger partial charge in [0.25, 0.3) is 0 Å². The van der Waals surface area contributed by atoms with Crippen molar-refractivity contribution in [1.29, 1.82) is 0 Å². The third-order valence-electron chi connectivity index (χ3n) is 3.63. The zero-order valence-electron chi connectivity index (χ0n) is 13.9. The minimum absolute atomic E-state index is 0.169. The molecule has 0 aliphatic heterocycles. The number of benzene rings is 1. The van der Waals surface area contributed by atoms with Crippen LogP contribution < -0.4 is 5.32 Å². The summed E-state index contributed by atoms with van der Waals surface area (Å²) in [6.45, 7) is 11.4. The average Bonchev–Trinajstić information content (AvgIpc) is 2.36. The van der Waals surface area contributed by atoms with E-state index >= 15 is 0 Å². The molecule has 1 rings (SSSR count). The Kier molecular flexibility index (Phi) is 6.41. The Balaban J connectivity index is 2.50. The van der Waals surface area contributed by atoms with Crippen molar-refractivity contribution < 1.29 is 9.90 Å². The first-order chi connectivity index (χ1) is 9.70. The fourth-order valence-electron chi connectivity index (χ4n) is 2.31. The van der Waals surface area contributed by atoms with Gasteiger partial charge in [-0.15, -0.1) is 0 Å². The van der Waals surface area contributed by atoms with Crippen LogP contribution >= 0.6 is 0 Å². The summed E-state index contributed by atoms with van der Waals surface area (Å²) in [7, 11) is 0. The van der Waals surface area contributed by atoms with Gasteiger partial charge in [0.2, 0.25) is 0 Å². The molecule has 0 saturated heterocycles. The van der Waals surface area contributed by atoms with Crippen molar-refractivity contribution in [1.82, 2.24) is 5.32 Å². The van der Waals surface area contributed by atoms with Gasteiger partial charge < -0.3 is 10.4 Å². The van der Waals surface area contributed by atoms with Gasteiger partial charge in [-0.25, -0.2) is 0 Å². The molecule has 0 aromatic heterocycles. The Labute approximate surface area is 128 Å². The molecule has 0 aliphatic rings. The largest absolute Gasteiger partial charge is 0.480 e. The van der Waals surface area contributed by atoms with Gasteiger partial charge in [0.05, 0.1) is 0 Å². The SMILES string of the molecule is CC(C)C[C@H](NCCc1ccc(C(C)(C)C)cc1)C(=O)O. The topological polar surface area (TPSA) is 49.3 Å². The molecule has 118 valence electrons. The fourth-order valence-corrected chi connectivity index (χ4v) is 2.31. The van der Waals surface area contributed by atoms with Crippen LogP contribution in [-0.2, 0) is 16.6 Å². The number of carboxylic acid groups (broad SMARTS) is 1. The number of hydrogen-bond acceptors (Lipinski definition) is 2. The van der Waals surface area contributed by atoms with E-state index in [4.69, 9.17) is 0 Å². The van der Waals surface area contributed by atoms with E-state index < -0.39 is 12.0 Å². The van der Waals surface area contributed by atoms with E-state index in [1.807, 2.05) is 13.8 Å². The van der Waals surface area contributed by atoms with Gasteiger partial charge in [0.1, 0.15) is 6.04 Å².